The van der Waals surface area contributed by atoms with E-state index in [9.17, 15) is 180 Å². The van der Waals surface area contributed by atoms with Crippen molar-refractivity contribution in [2.24, 2.45) is 0 Å². The molecule has 6 atom stereocenters. The number of aliphatic hydroxyl groups is 1. The van der Waals surface area contributed by atoms with Crippen LogP contribution in [0.5, 0.6) is 0 Å². The third kappa shape index (κ3) is 11.0. The van der Waals surface area contributed by atoms with E-state index in [1.165, 1.54) is 4.74 Å². The first kappa shape index (κ1) is 65.8. The number of hydrogen-bond donors (Lipinski definition) is 1. The maximum Gasteiger partial charge on any atom is 0.462 e. The van der Waals surface area contributed by atoms with E-state index in [1.54, 1.807) is 0 Å². The van der Waals surface area contributed by atoms with E-state index in [-0.39, 0.29) is 0 Å². The molecule has 0 saturated heterocycles. The maximum absolute atomic E-state index is 14.7. The first-order valence-electron chi connectivity index (χ1n) is 14.1. The molecule has 69 heavy (non-hydrogen) atoms. The van der Waals surface area contributed by atoms with Gasteiger partial charge >= 0.3 is 121 Å². The van der Waals surface area contributed by atoms with Crippen molar-refractivity contribution in [2.45, 2.75) is 121 Å². The number of aliphatic hydroxyl groups excluding tert-OH is 1. The maximum atomic E-state index is 14.7. The summed E-state index contributed by atoms with van der Waals surface area (Å²) in [5, 5.41) is 8.15. The molecule has 0 fully saturated rings. The highest BCUT2D eigenvalue weighted by Gasteiger charge is 2.92. The van der Waals surface area contributed by atoms with Gasteiger partial charge in [-0.15, -0.1) is 0 Å². The smallest absolute Gasteiger partial charge is 0.390 e. The average Bonchev–Trinajstić information content (AvgIpc) is 3.02. The molecule has 0 heterocycles. The molecule has 416 valence electrons. The molecule has 0 radical (unpaired) electrons. The van der Waals surface area contributed by atoms with Gasteiger partial charge in [0.2, 0.25) is 0 Å². The van der Waals surface area contributed by atoms with E-state index in [4.69, 9.17) is 5.11 Å². The van der Waals surface area contributed by atoms with Gasteiger partial charge in [0, 0.05) is 0 Å². The molecule has 48 heteroatoms. The molecule has 0 aliphatic carbocycles. The highest BCUT2D eigenvalue weighted by atomic mass is 19.5. The number of rotatable bonds is 19. The lowest BCUT2D eigenvalue weighted by Gasteiger charge is -2.45. The Morgan fingerprint density at radius 3 is 0.493 bits per heavy atom. The van der Waals surface area contributed by atoms with Gasteiger partial charge in [0.15, 0.2) is 0 Å². The van der Waals surface area contributed by atoms with Gasteiger partial charge in [-0.3, -0.25) is 28.4 Å². The van der Waals surface area contributed by atoms with Crippen molar-refractivity contribution in [3.05, 3.63) is 0 Å². The molecule has 0 amide bonds. The number of alkyl halides is 41. The summed E-state index contributed by atoms with van der Waals surface area (Å²) in [5.74, 6) is -63.6. The molecule has 0 rings (SSSR count). The van der Waals surface area contributed by atoms with E-state index in [0.29, 0.717) is 14.2 Å². The molecule has 0 saturated carbocycles. The largest absolute Gasteiger partial charge is 0.462 e. The Balaban J connectivity index is 8.24. The van der Waals surface area contributed by atoms with E-state index >= 15 is 0 Å². The molecule has 0 aliphatic heterocycles. The topological polar surface area (TPSA) is 75.6 Å². The first-order chi connectivity index (χ1) is 29.1. The monoisotopic (exact) mass is 1150 g/mol. The lowest BCUT2D eigenvalue weighted by Crippen LogP contribution is -2.73. The Morgan fingerprint density at radius 1 is 0.203 bits per heavy atom. The predicted molar refractivity (Wildman–Crippen MR) is 114 cm³/mol. The standard InChI is InChI=1S/C21H3F41O7/c22-2(1-63,9(30,31)32)64-17(53,54)4(25,11(36,37)38)66-19(57,58)6(27,13(42,43)44)68-21(61,62)8(29,15(48,49)50)69-20(59,60)7(28,14(45,46)47)67-18(55,56)5(26,12(39,40)41)65-16(51,52)3(23,24)10(33,34)35/h63H,1H2. The van der Waals surface area contributed by atoms with Crippen LogP contribution >= 0.6 is 0 Å². The summed E-state index contributed by atoms with van der Waals surface area (Å²) < 4.78 is 559. The van der Waals surface area contributed by atoms with Crippen molar-refractivity contribution in [3.8, 4) is 0 Å². The molecule has 0 bridgehead atoms. The zero-order chi connectivity index (χ0) is 56.9. The van der Waals surface area contributed by atoms with Crippen LogP contribution in [0.3, 0.4) is 0 Å². The third-order valence-corrected chi connectivity index (χ3v) is 6.68. The molecule has 0 aromatic heterocycles. The fourth-order valence-electron chi connectivity index (χ4n) is 3.23. The van der Waals surface area contributed by atoms with Crippen LogP contribution in [0.1, 0.15) is 0 Å². The van der Waals surface area contributed by atoms with Crippen molar-refractivity contribution in [3.63, 3.8) is 0 Å². The summed E-state index contributed by atoms with van der Waals surface area (Å²) in [6.45, 7) is -3.99. The van der Waals surface area contributed by atoms with Gasteiger partial charge in [-0.2, -0.15) is 180 Å². The van der Waals surface area contributed by atoms with E-state index in [0.717, 1.165) is 9.47 Å². The van der Waals surface area contributed by atoms with Gasteiger partial charge in [0.05, 0.1) is 0 Å². The van der Waals surface area contributed by atoms with Gasteiger partial charge in [0.25, 0.3) is 0 Å². The highest BCUT2D eigenvalue weighted by molar-refractivity contribution is 5.01. The lowest BCUT2D eigenvalue weighted by molar-refractivity contribution is -0.605. The zero-order valence-corrected chi connectivity index (χ0v) is 29.1. The molecule has 7 nitrogen and oxygen atoms in total. The second kappa shape index (κ2) is 17.2. The minimum Gasteiger partial charge on any atom is -0.390 e. The summed E-state index contributed by atoms with van der Waals surface area (Å²) in [6, 6.07) is 0. The van der Waals surface area contributed by atoms with Crippen molar-refractivity contribution in [1.29, 1.82) is 0 Å². The average molecular weight is 1150 g/mol. The first-order valence-corrected chi connectivity index (χ1v) is 14.1. The van der Waals surface area contributed by atoms with Crippen LogP contribution in [-0.4, -0.2) is 133 Å². The van der Waals surface area contributed by atoms with Crippen LogP contribution in [0, 0.1) is 0 Å². The summed E-state index contributed by atoms with van der Waals surface area (Å²) in [7, 11) is 0. The lowest BCUT2D eigenvalue weighted by atomic mass is 10.2. The number of hydrogen-bond acceptors (Lipinski definition) is 7. The molecule has 0 spiro atoms. The third-order valence-electron chi connectivity index (χ3n) is 6.68. The fraction of sp³-hybridized carbons (Fsp3) is 1.00. The Morgan fingerprint density at radius 2 is 0.362 bits per heavy atom. The summed E-state index contributed by atoms with van der Waals surface area (Å²) in [6.07, 6.45) is -118. The molecular weight excluding hydrogens is 1140 g/mol. The van der Waals surface area contributed by atoms with Crippen molar-refractivity contribution < 1.29 is 214 Å². The molecule has 0 aromatic carbocycles. The summed E-state index contributed by atoms with van der Waals surface area (Å²) >= 11 is 0. The zero-order valence-electron chi connectivity index (χ0n) is 29.1. The second-order valence-corrected chi connectivity index (χ2v) is 11.6. The van der Waals surface area contributed by atoms with Crippen molar-refractivity contribution >= 4 is 0 Å². The van der Waals surface area contributed by atoms with Crippen LogP contribution in [0.15, 0.2) is 0 Å². The Hall–Kier alpha value is -3.15. The molecule has 0 aromatic rings. The molecule has 6 unspecified atom stereocenters. The summed E-state index contributed by atoms with van der Waals surface area (Å²) in [5.41, 5.74) is 0. The van der Waals surface area contributed by atoms with Crippen LogP contribution in [0.25, 0.3) is 0 Å². The number of ether oxygens (including phenoxy) is 6. The van der Waals surface area contributed by atoms with Gasteiger partial charge in [-0.05, 0) is 0 Å². The molecule has 1 N–H and O–H groups in total. The van der Waals surface area contributed by atoms with E-state index in [2.05, 4.69) is 0 Å². The van der Waals surface area contributed by atoms with Crippen LogP contribution in [-0.2, 0) is 28.4 Å². The van der Waals surface area contributed by atoms with Crippen LogP contribution in [0.2, 0.25) is 0 Å². The predicted octanol–water partition coefficient (Wildman–Crippen LogP) is 12.2. The number of halogens is 41. The minimum atomic E-state index is -9.87. The SMILES string of the molecule is OCC(F)(OC(F)(F)C(F)(OC(F)(F)C(F)(OC(F)(F)C(F)(OC(F)(F)C(F)(OC(F)(F)C(F)(OC(F)(F)C(F)(F)C(F)(F)F)C(F)(F)F)C(F)(F)F)C(F)(F)F)C(F)(F)F)C(F)(F)F)C(F)(F)F. The summed E-state index contributed by atoms with van der Waals surface area (Å²) in [4.78, 5) is 0. The highest BCUT2D eigenvalue weighted by Crippen LogP contribution is 2.63. The van der Waals surface area contributed by atoms with Crippen LogP contribution < -0.4 is 0 Å². The Labute approximate surface area is 342 Å². The second-order valence-electron chi connectivity index (χ2n) is 11.6. The van der Waals surface area contributed by atoms with Crippen molar-refractivity contribution in [1.82, 2.24) is 0 Å². The Bertz CT molecular complexity index is 1770. The quantitative estimate of drug-likeness (QED) is 0.129. The normalized spacial score (nSPS) is 21.1. The van der Waals surface area contributed by atoms with E-state index < -0.39 is 128 Å². The van der Waals surface area contributed by atoms with Crippen LogP contribution in [0.4, 0.5) is 180 Å². The molecular formula is C21H3F41O7. The van der Waals surface area contributed by atoms with Gasteiger partial charge in [0.1, 0.15) is 6.61 Å². The van der Waals surface area contributed by atoms with Gasteiger partial charge in [-0.25, -0.2) is 0 Å². The van der Waals surface area contributed by atoms with Crippen molar-refractivity contribution in [2.75, 3.05) is 6.61 Å². The van der Waals surface area contributed by atoms with E-state index in [1.807, 2.05) is 0 Å². The minimum absolute atomic E-state index is 0.570. The van der Waals surface area contributed by atoms with Gasteiger partial charge < -0.3 is 5.11 Å². The molecule has 0 aliphatic rings. The fourth-order valence-corrected chi connectivity index (χ4v) is 3.23. The Kier molecular flexibility index (Phi) is 16.4. The van der Waals surface area contributed by atoms with Gasteiger partial charge in [-0.1, -0.05) is 0 Å².